The number of likely N-dealkylation sites (tertiary alicyclic amines) is 1. The Bertz CT molecular complexity index is 402. The predicted octanol–water partition coefficient (Wildman–Crippen LogP) is 1.10. The standard InChI is InChI=1S/C11H17N3O3/c1-7(2)10-12-9(13-17-10)6-14-4-3-8(5-14)11(15)16/h7-8H,3-6H2,1-2H3,(H,15,16). The first-order chi connectivity index (χ1) is 8.06. The highest BCUT2D eigenvalue weighted by atomic mass is 16.5. The molecule has 1 aliphatic rings. The average Bonchev–Trinajstić information content (AvgIpc) is 2.87. The third-order valence-electron chi connectivity index (χ3n) is 2.96. The van der Waals surface area contributed by atoms with Crippen LogP contribution < -0.4 is 0 Å². The smallest absolute Gasteiger partial charge is 0.307 e. The molecule has 0 aliphatic carbocycles. The maximum Gasteiger partial charge on any atom is 0.307 e. The van der Waals surface area contributed by atoms with Gasteiger partial charge in [0.05, 0.1) is 12.5 Å². The molecule has 1 saturated heterocycles. The molecule has 0 aromatic carbocycles. The zero-order valence-corrected chi connectivity index (χ0v) is 10.1. The summed E-state index contributed by atoms with van der Waals surface area (Å²) in [5.74, 6) is 0.519. The summed E-state index contributed by atoms with van der Waals surface area (Å²) in [7, 11) is 0. The Morgan fingerprint density at radius 3 is 2.94 bits per heavy atom. The minimum atomic E-state index is -0.719. The summed E-state index contributed by atoms with van der Waals surface area (Å²) in [5.41, 5.74) is 0. The molecule has 1 atom stereocenters. The molecule has 0 bridgehead atoms. The third kappa shape index (κ3) is 2.82. The summed E-state index contributed by atoms with van der Waals surface area (Å²) >= 11 is 0. The van der Waals surface area contributed by atoms with Crippen molar-refractivity contribution in [2.75, 3.05) is 13.1 Å². The fourth-order valence-electron chi connectivity index (χ4n) is 1.94. The summed E-state index contributed by atoms with van der Waals surface area (Å²) in [6, 6.07) is 0. The topological polar surface area (TPSA) is 79.5 Å². The number of aliphatic carboxylic acids is 1. The summed E-state index contributed by atoms with van der Waals surface area (Å²) in [6.07, 6.45) is 0.699. The van der Waals surface area contributed by atoms with E-state index < -0.39 is 5.97 Å². The van der Waals surface area contributed by atoms with Gasteiger partial charge in [-0.3, -0.25) is 9.69 Å². The van der Waals surface area contributed by atoms with Crippen molar-refractivity contribution in [2.45, 2.75) is 32.7 Å². The van der Waals surface area contributed by atoms with Gasteiger partial charge in [-0.05, 0) is 13.0 Å². The molecule has 1 aromatic rings. The lowest BCUT2D eigenvalue weighted by Gasteiger charge is -2.11. The van der Waals surface area contributed by atoms with Gasteiger partial charge >= 0.3 is 5.97 Å². The van der Waals surface area contributed by atoms with Crippen LogP contribution in [0.1, 0.15) is 37.9 Å². The molecular formula is C11H17N3O3. The van der Waals surface area contributed by atoms with E-state index in [1.807, 2.05) is 18.7 Å². The molecule has 1 aliphatic heterocycles. The molecule has 2 rings (SSSR count). The van der Waals surface area contributed by atoms with E-state index in [4.69, 9.17) is 9.63 Å². The fraction of sp³-hybridized carbons (Fsp3) is 0.727. The number of rotatable bonds is 4. The molecule has 17 heavy (non-hydrogen) atoms. The summed E-state index contributed by atoms with van der Waals surface area (Å²) in [6.45, 7) is 5.91. The van der Waals surface area contributed by atoms with Crippen LogP contribution >= 0.6 is 0 Å². The molecule has 6 nitrogen and oxygen atoms in total. The van der Waals surface area contributed by atoms with Crippen LogP contribution in [0.25, 0.3) is 0 Å². The first-order valence-electron chi connectivity index (χ1n) is 5.84. The van der Waals surface area contributed by atoms with Crippen molar-refractivity contribution in [3.63, 3.8) is 0 Å². The van der Waals surface area contributed by atoms with Gasteiger partial charge in [-0.15, -0.1) is 0 Å². The van der Waals surface area contributed by atoms with Gasteiger partial charge in [0, 0.05) is 12.5 Å². The van der Waals surface area contributed by atoms with E-state index in [-0.39, 0.29) is 11.8 Å². The molecular weight excluding hydrogens is 222 g/mol. The van der Waals surface area contributed by atoms with Crippen LogP contribution in [0.2, 0.25) is 0 Å². The molecule has 0 radical (unpaired) electrons. The maximum atomic E-state index is 10.8. The molecule has 6 heteroatoms. The molecule has 1 fully saturated rings. The van der Waals surface area contributed by atoms with Crippen LogP contribution in [-0.2, 0) is 11.3 Å². The first-order valence-corrected chi connectivity index (χ1v) is 5.84. The number of carboxylic acids is 1. The number of carbonyl (C=O) groups is 1. The van der Waals surface area contributed by atoms with Crippen molar-refractivity contribution in [3.8, 4) is 0 Å². The maximum absolute atomic E-state index is 10.8. The van der Waals surface area contributed by atoms with Gasteiger partial charge < -0.3 is 9.63 Å². The minimum absolute atomic E-state index is 0.224. The van der Waals surface area contributed by atoms with Crippen LogP contribution in [0.5, 0.6) is 0 Å². The van der Waals surface area contributed by atoms with Gasteiger partial charge in [0.2, 0.25) is 5.89 Å². The van der Waals surface area contributed by atoms with E-state index in [0.29, 0.717) is 31.2 Å². The van der Waals surface area contributed by atoms with Crippen molar-refractivity contribution in [2.24, 2.45) is 5.92 Å². The van der Waals surface area contributed by atoms with Crippen LogP contribution in [0.3, 0.4) is 0 Å². The summed E-state index contributed by atoms with van der Waals surface area (Å²) < 4.78 is 5.11. The second-order valence-corrected chi connectivity index (χ2v) is 4.76. The minimum Gasteiger partial charge on any atom is -0.481 e. The molecule has 1 unspecified atom stereocenters. The highest BCUT2D eigenvalue weighted by Crippen LogP contribution is 2.18. The largest absolute Gasteiger partial charge is 0.481 e. The SMILES string of the molecule is CC(C)c1nc(CN2CCC(C(=O)O)C2)no1. The van der Waals surface area contributed by atoms with Crippen LogP contribution in [0.4, 0.5) is 0 Å². The molecule has 0 saturated carbocycles. The lowest BCUT2D eigenvalue weighted by molar-refractivity contribution is -0.141. The van der Waals surface area contributed by atoms with Gasteiger partial charge in [0.15, 0.2) is 5.82 Å². The quantitative estimate of drug-likeness (QED) is 0.847. The second kappa shape index (κ2) is 4.83. The Hall–Kier alpha value is -1.43. The van der Waals surface area contributed by atoms with Crippen molar-refractivity contribution >= 4 is 5.97 Å². The second-order valence-electron chi connectivity index (χ2n) is 4.76. The monoisotopic (exact) mass is 239 g/mol. The lowest BCUT2D eigenvalue weighted by Crippen LogP contribution is -2.23. The Balaban J connectivity index is 1.91. The Morgan fingerprint density at radius 2 is 2.41 bits per heavy atom. The van der Waals surface area contributed by atoms with E-state index in [1.54, 1.807) is 0 Å². The molecule has 2 heterocycles. The summed E-state index contributed by atoms with van der Waals surface area (Å²) in [5, 5.41) is 12.8. The van der Waals surface area contributed by atoms with Crippen molar-refractivity contribution in [3.05, 3.63) is 11.7 Å². The zero-order valence-electron chi connectivity index (χ0n) is 10.1. The fourth-order valence-corrected chi connectivity index (χ4v) is 1.94. The van der Waals surface area contributed by atoms with Gasteiger partial charge in [0.25, 0.3) is 0 Å². The molecule has 1 aromatic heterocycles. The number of aromatic nitrogens is 2. The highest BCUT2D eigenvalue weighted by Gasteiger charge is 2.28. The first kappa shape index (κ1) is 12.0. The van der Waals surface area contributed by atoms with E-state index in [9.17, 15) is 4.79 Å². The number of hydrogen-bond donors (Lipinski definition) is 1. The Morgan fingerprint density at radius 1 is 1.65 bits per heavy atom. The van der Waals surface area contributed by atoms with E-state index >= 15 is 0 Å². The lowest BCUT2D eigenvalue weighted by atomic mass is 10.1. The van der Waals surface area contributed by atoms with Crippen LogP contribution in [0, 0.1) is 5.92 Å². The Labute approximate surface area is 99.6 Å². The highest BCUT2D eigenvalue weighted by molar-refractivity contribution is 5.70. The number of nitrogens with zero attached hydrogens (tertiary/aromatic N) is 3. The van der Waals surface area contributed by atoms with Gasteiger partial charge in [-0.2, -0.15) is 4.98 Å². The van der Waals surface area contributed by atoms with Crippen LogP contribution in [0.15, 0.2) is 4.52 Å². The normalized spacial score (nSPS) is 21.2. The third-order valence-corrected chi connectivity index (χ3v) is 2.96. The van der Waals surface area contributed by atoms with E-state index in [2.05, 4.69) is 10.1 Å². The molecule has 0 spiro atoms. The van der Waals surface area contributed by atoms with Gasteiger partial charge in [-0.25, -0.2) is 0 Å². The molecule has 0 amide bonds. The summed E-state index contributed by atoms with van der Waals surface area (Å²) in [4.78, 5) is 17.1. The molecule has 94 valence electrons. The van der Waals surface area contributed by atoms with E-state index in [1.165, 1.54) is 0 Å². The van der Waals surface area contributed by atoms with Gasteiger partial charge in [0.1, 0.15) is 0 Å². The van der Waals surface area contributed by atoms with Crippen molar-refractivity contribution < 1.29 is 14.4 Å². The predicted molar refractivity (Wildman–Crippen MR) is 59.4 cm³/mol. The Kier molecular flexibility index (Phi) is 3.42. The zero-order chi connectivity index (χ0) is 12.4. The van der Waals surface area contributed by atoms with Crippen molar-refractivity contribution in [1.29, 1.82) is 0 Å². The van der Waals surface area contributed by atoms with Crippen LogP contribution in [-0.4, -0.2) is 39.2 Å². The van der Waals surface area contributed by atoms with Gasteiger partial charge in [-0.1, -0.05) is 19.0 Å². The molecule has 1 N–H and O–H groups in total. The average molecular weight is 239 g/mol. The van der Waals surface area contributed by atoms with Crippen molar-refractivity contribution in [1.82, 2.24) is 15.0 Å². The number of carboxylic acid groups (broad SMARTS) is 1. The number of hydrogen-bond acceptors (Lipinski definition) is 5. The van der Waals surface area contributed by atoms with E-state index in [0.717, 1.165) is 6.54 Å².